The molecule has 3 N–H and O–H groups in total. The van der Waals surface area contributed by atoms with Crippen LogP contribution in [0.5, 0.6) is 0 Å². The Kier molecular flexibility index (Phi) is 5.32. The fraction of sp³-hybridized carbons (Fsp3) is 0.615. The minimum atomic E-state index is -0.0682. The van der Waals surface area contributed by atoms with Gasteiger partial charge in [-0.05, 0) is 31.3 Å². The van der Waals surface area contributed by atoms with Crippen molar-refractivity contribution in [2.45, 2.75) is 52.6 Å². The van der Waals surface area contributed by atoms with Crippen LogP contribution in [0.1, 0.15) is 54.7 Å². The number of aryl methyl sites for hydroxylation is 2. The van der Waals surface area contributed by atoms with Gasteiger partial charge in [-0.2, -0.15) is 5.10 Å². The molecule has 0 bridgehead atoms. The lowest BCUT2D eigenvalue weighted by Crippen LogP contribution is -2.30. The van der Waals surface area contributed by atoms with E-state index in [0.29, 0.717) is 17.4 Å². The Morgan fingerprint density at radius 3 is 2.71 bits per heavy atom. The molecule has 8 heteroatoms. The van der Waals surface area contributed by atoms with E-state index in [-0.39, 0.29) is 6.04 Å². The first kappa shape index (κ1) is 16.4. The van der Waals surface area contributed by atoms with Crippen molar-refractivity contribution in [3.8, 4) is 0 Å². The van der Waals surface area contributed by atoms with Crippen molar-refractivity contribution in [3.05, 3.63) is 27.0 Å². The van der Waals surface area contributed by atoms with Gasteiger partial charge in [0, 0.05) is 13.0 Å². The second kappa shape index (κ2) is 6.83. The molecule has 2 aromatic rings. The Hall–Kier alpha value is -1.02. The average Bonchev–Trinajstić information content (AvgIpc) is 3.03. The first-order valence-corrected chi connectivity index (χ1v) is 8.14. The summed E-state index contributed by atoms with van der Waals surface area (Å²) >= 11 is 7.76. The van der Waals surface area contributed by atoms with Crippen molar-refractivity contribution in [3.63, 3.8) is 0 Å². The summed E-state index contributed by atoms with van der Waals surface area (Å²) in [6.07, 6.45) is 0.660. The summed E-state index contributed by atoms with van der Waals surface area (Å²) in [4.78, 5) is 1.06. The number of nitrogens with zero attached hydrogens (tertiary/aromatic N) is 4. The van der Waals surface area contributed by atoms with Gasteiger partial charge in [-0.15, -0.1) is 5.10 Å². The Labute approximate surface area is 133 Å². The summed E-state index contributed by atoms with van der Waals surface area (Å²) in [5.41, 5.74) is 5.68. The molecule has 0 radical (unpaired) electrons. The Morgan fingerprint density at radius 2 is 2.14 bits per heavy atom. The maximum absolute atomic E-state index is 6.38. The molecule has 2 heterocycles. The molecule has 0 fully saturated rings. The molecule has 0 aromatic carbocycles. The van der Waals surface area contributed by atoms with Gasteiger partial charge in [0.05, 0.1) is 33.0 Å². The highest BCUT2D eigenvalue weighted by Gasteiger charge is 2.24. The van der Waals surface area contributed by atoms with E-state index in [0.717, 1.165) is 28.5 Å². The van der Waals surface area contributed by atoms with Gasteiger partial charge in [0.25, 0.3) is 0 Å². The molecule has 1 unspecified atom stereocenters. The lowest BCUT2D eigenvalue weighted by atomic mass is 10.0. The molecule has 0 aliphatic rings. The smallest absolute Gasteiger partial charge is 0.0847 e. The predicted octanol–water partition coefficient (Wildman–Crippen LogP) is 2.59. The minimum Gasteiger partial charge on any atom is -0.271 e. The van der Waals surface area contributed by atoms with Gasteiger partial charge in [-0.25, -0.2) is 0 Å². The Balaban J connectivity index is 2.34. The maximum atomic E-state index is 6.38. The molecular weight excluding hydrogens is 308 g/mol. The number of hydrogen-bond donors (Lipinski definition) is 2. The number of rotatable bonds is 6. The number of halogens is 1. The molecule has 2 aromatic heterocycles. The topological polar surface area (TPSA) is 81.7 Å². The highest BCUT2D eigenvalue weighted by Crippen LogP contribution is 2.30. The highest BCUT2D eigenvalue weighted by molar-refractivity contribution is 7.05. The average molecular weight is 329 g/mol. The van der Waals surface area contributed by atoms with E-state index in [1.807, 2.05) is 18.5 Å². The molecule has 2 rings (SSSR count). The van der Waals surface area contributed by atoms with Crippen LogP contribution in [0.4, 0.5) is 0 Å². The quantitative estimate of drug-likeness (QED) is 0.629. The number of aromatic nitrogens is 4. The zero-order chi connectivity index (χ0) is 15.6. The number of nitrogens with two attached hydrogens (primary N) is 1. The van der Waals surface area contributed by atoms with Crippen LogP contribution in [0.15, 0.2) is 0 Å². The Bertz CT molecular complexity index is 606. The fourth-order valence-electron chi connectivity index (χ4n) is 2.33. The summed E-state index contributed by atoms with van der Waals surface area (Å²) < 4.78 is 5.99. The molecule has 6 nitrogen and oxygen atoms in total. The zero-order valence-electron chi connectivity index (χ0n) is 12.7. The van der Waals surface area contributed by atoms with Crippen LogP contribution in [-0.2, 0) is 13.0 Å². The largest absolute Gasteiger partial charge is 0.271 e. The molecule has 116 valence electrons. The Morgan fingerprint density at radius 1 is 1.43 bits per heavy atom. The van der Waals surface area contributed by atoms with E-state index in [1.54, 1.807) is 0 Å². The lowest BCUT2D eigenvalue weighted by molar-refractivity contribution is 0.517. The molecule has 0 aliphatic heterocycles. The third kappa shape index (κ3) is 3.26. The molecular formula is C13H21ClN6S. The second-order valence-electron chi connectivity index (χ2n) is 5.26. The van der Waals surface area contributed by atoms with Crippen LogP contribution < -0.4 is 11.3 Å². The summed E-state index contributed by atoms with van der Waals surface area (Å²) in [5, 5.41) is 9.37. The van der Waals surface area contributed by atoms with Gasteiger partial charge >= 0.3 is 0 Å². The van der Waals surface area contributed by atoms with E-state index < -0.39 is 0 Å². The van der Waals surface area contributed by atoms with Gasteiger partial charge in [-0.3, -0.25) is 16.0 Å². The minimum absolute atomic E-state index is 0.0682. The molecule has 0 amide bonds. The SMILES string of the molecule is CCn1nc(C)c(Cl)c1CC(NN)c1snnc1C(C)C. The van der Waals surface area contributed by atoms with Crippen molar-refractivity contribution in [2.75, 3.05) is 0 Å². The van der Waals surface area contributed by atoms with Crippen LogP contribution >= 0.6 is 23.1 Å². The number of nitrogens with one attached hydrogen (secondary N) is 1. The van der Waals surface area contributed by atoms with Crippen molar-refractivity contribution < 1.29 is 0 Å². The van der Waals surface area contributed by atoms with Crippen LogP contribution in [-0.4, -0.2) is 19.4 Å². The fourth-order valence-corrected chi connectivity index (χ4v) is 3.41. The standard InChI is InChI=1S/C13H21ClN6S/c1-5-20-10(11(14)8(4)18-20)6-9(16-15)13-12(7(2)3)17-19-21-13/h7,9,16H,5-6,15H2,1-4H3. The molecule has 0 aliphatic carbocycles. The molecule has 21 heavy (non-hydrogen) atoms. The lowest BCUT2D eigenvalue weighted by Gasteiger charge is -2.17. The van der Waals surface area contributed by atoms with Crippen LogP contribution in [0.2, 0.25) is 5.02 Å². The highest BCUT2D eigenvalue weighted by atomic mass is 35.5. The van der Waals surface area contributed by atoms with E-state index in [1.165, 1.54) is 11.5 Å². The van der Waals surface area contributed by atoms with Crippen molar-refractivity contribution in [2.24, 2.45) is 5.84 Å². The molecule has 0 spiro atoms. The van der Waals surface area contributed by atoms with Crippen molar-refractivity contribution in [1.29, 1.82) is 0 Å². The number of hydrogen-bond acceptors (Lipinski definition) is 6. The third-order valence-electron chi connectivity index (χ3n) is 3.46. The summed E-state index contributed by atoms with van der Waals surface area (Å²) in [6.45, 7) is 8.93. The molecule has 0 saturated carbocycles. The number of hydrazine groups is 1. The van der Waals surface area contributed by atoms with Gasteiger partial charge in [0.2, 0.25) is 0 Å². The van der Waals surface area contributed by atoms with Crippen molar-refractivity contribution in [1.82, 2.24) is 24.8 Å². The summed E-state index contributed by atoms with van der Waals surface area (Å²) in [7, 11) is 0. The molecule has 0 saturated heterocycles. The van der Waals surface area contributed by atoms with Gasteiger partial charge in [0.1, 0.15) is 0 Å². The first-order chi connectivity index (χ1) is 9.99. The van der Waals surface area contributed by atoms with Gasteiger partial charge in [-0.1, -0.05) is 29.9 Å². The van der Waals surface area contributed by atoms with Crippen LogP contribution in [0, 0.1) is 6.92 Å². The molecule has 1 atom stereocenters. The van der Waals surface area contributed by atoms with Crippen LogP contribution in [0.25, 0.3) is 0 Å². The zero-order valence-corrected chi connectivity index (χ0v) is 14.3. The summed E-state index contributed by atoms with van der Waals surface area (Å²) in [5.74, 6) is 6.07. The van der Waals surface area contributed by atoms with Gasteiger partial charge in [0.15, 0.2) is 0 Å². The van der Waals surface area contributed by atoms with E-state index in [4.69, 9.17) is 17.4 Å². The monoisotopic (exact) mass is 328 g/mol. The van der Waals surface area contributed by atoms with E-state index in [2.05, 4.69) is 34.0 Å². The van der Waals surface area contributed by atoms with Crippen LogP contribution in [0.3, 0.4) is 0 Å². The first-order valence-electron chi connectivity index (χ1n) is 6.99. The second-order valence-corrected chi connectivity index (χ2v) is 6.43. The van der Waals surface area contributed by atoms with Crippen molar-refractivity contribution >= 4 is 23.1 Å². The maximum Gasteiger partial charge on any atom is 0.0847 e. The van der Waals surface area contributed by atoms with E-state index >= 15 is 0 Å². The normalized spacial score (nSPS) is 13.1. The predicted molar refractivity (Wildman–Crippen MR) is 85.4 cm³/mol. The van der Waals surface area contributed by atoms with Gasteiger partial charge < -0.3 is 0 Å². The summed E-state index contributed by atoms with van der Waals surface area (Å²) in [6, 6.07) is -0.0682. The van der Waals surface area contributed by atoms with E-state index in [9.17, 15) is 0 Å². The third-order valence-corrected chi connectivity index (χ3v) is 4.80.